The highest BCUT2D eigenvalue weighted by Crippen LogP contribution is 2.40. The monoisotopic (exact) mass is 537 g/mol. The van der Waals surface area contributed by atoms with E-state index in [1.807, 2.05) is 6.92 Å². The van der Waals surface area contributed by atoms with Gasteiger partial charge in [-0.05, 0) is 59.6 Å². The van der Waals surface area contributed by atoms with Crippen molar-refractivity contribution in [2.24, 2.45) is 0 Å². The van der Waals surface area contributed by atoms with Gasteiger partial charge >= 0.3 is 0 Å². The van der Waals surface area contributed by atoms with Gasteiger partial charge in [0.05, 0.1) is 16.1 Å². The molecule has 0 spiro atoms. The van der Waals surface area contributed by atoms with Crippen molar-refractivity contribution in [1.29, 1.82) is 0 Å². The van der Waals surface area contributed by atoms with Gasteiger partial charge in [-0.15, -0.1) is 10.2 Å². The average Bonchev–Trinajstić information content (AvgIpc) is 3.27. The molecule has 194 valence electrons. The number of rotatable bonds is 6. The van der Waals surface area contributed by atoms with E-state index in [1.54, 1.807) is 13.0 Å². The van der Waals surface area contributed by atoms with Crippen molar-refractivity contribution < 1.29 is 17.2 Å². The molecular weight excluding hydrogens is 508 g/mol. The number of piperazine rings is 1. The molecule has 1 aromatic carbocycles. The molecule has 1 aliphatic carbocycles. The average molecular weight is 538 g/mol. The Morgan fingerprint density at radius 3 is 2.53 bits per heavy atom. The highest BCUT2D eigenvalue weighted by molar-refractivity contribution is 7.89. The first-order valence-corrected chi connectivity index (χ1v) is 14.1. The number of anilines is 1. The van der Waals surface area contributed by atoms with Crippen LogP contribution in [-0.4, -0.2) is 58.8 Å². The van der Waals surface area contributed by atoms with Crippen molar-refractivity contribution in [3.63, 3.8) is 0 Å². The fourth-order valence-corrected chi connectivity index (χ4v) is 6.98. The molecule has 0 radical (unpaired) electrons. The number of benzene rings is 1. The van der Waals surface area contributed by atoms with E-state index < -0.39 is 27.0 Å². The van der Waals surface area contributed by atoms with Crippen LogP contribution in [-0.2, 0) is 10.0 Å². The lowest BCUT2D eigenvalue weighted by molar-refractivity contribution is 0.150. The van der Waals surface area contributed by atoms with Crippen LogP contribution in [0.4, 0.5) is 14.5 Å². The Hall–Kier alpha value is -2.35. The maximum absolute atomic E-state index is 13.5. The summed E-state index contributed by atoms with van der Waals surface area (Å²) < 4.78 is 56.3. The fraction of sp³-hybridized carbons (Fsp3) is 0.565. The number of halogens is 2. The lowest BCUT2D eigenvalue weighted by Gasteiger charge is -2.44. The third-order valence-electron chi connectivity index (χ3n) is 6.44. The molecule has 3 aromatic rings. The van der Waals surface area contributed by atoms with Crippen LogP contribution < -0.4 is 14.9 Å². The summed E-state index contributed by atoms with van der Waals surface area (Å²) in [6.07, 6.45) is -1.22. The predicted molar refractivity (Wildman–Crippen MR) is 135 cm³/mol. The van der Waals surface area contributed by atoms with Gasteiger partial charge < -0.3 is 10.2 Å². The number of alkyl halides is 2. The molecular formula is C23H29F2N7O2S2. The van der Waals surface area contributed by atoms with E-state index >= 15 is 0 Å². The van der Waals surface area contributed by atoms with Crippen molar-refractivity contribution in [3.05, 3.63) is 23.0 Å². The van der Waals surface area contributed by atoms with Crippen molar-refractivity contribution >= 4 is 38.0 Å². The largest absolute Gasteiger partial charge is 0.366 e. The molecule has 1 aliphatic heterocycles. The number of hydrogen-bond donors (Lipinski definition) is 2. The molecule has 0 unspecified atom stereocenters. The molecule has 9 nitrogen and oxygen atoms in total. The Kier molecular flexibility index (Phi) is 6.05. The van der Waals surface area contributed by atoms with E-state index in [0.29, 0.717) is 41.2 Å². The molecule has 2 fully saturated rings. The van der Waals surface area contributed by atoms with E-state index in [0.717, 1.165) is 24.2 Å². The molecule has 2 aliphatic rings. The molecule has 0 bridgehead atoms. The van der Waals surface area contributed by atoms with E-state index in [9.17, 15) is 17.2 Å². The highest BCUT2D eigenvalue weighted by atomic mass is 32.2. The second-order valence-corrected chi connectivity index (χ2v) is 13.4. The van der Waals surface area contributed by atoms with Gasteiger partial charge in [-0.25, -0.2) is 31.9 Å². The maximum atomic E-state index is 13.5. The summed E-state index contributed by atoms with van der Waals surface area (Å²) in [5.41, 5.74) is 0.806. The Morgan fingerprint density at radius 2 is 1.92 bits per heavy atom. The second kappa shape index (κ2) is 8.61. The van der Waals surface area contributed by atoms with Gasteiger partial charge in [-0.3, -0.25) is 0 Å². The summed E-state index contributed by atoms with van der Waals surface area (Å²) in [6.45, 7) is 11.1. The van der Waals surface area contributed by atoms with Gasteiger partial charge in [0, 0.05) is 35.6 Å². The molecule has 2 aromatic heterocycles. The normalized spacial score (nSPS) is 21.3. The SMILES string of the molecule is Cc1nc(-c2nnc(C(F)F)s2)c2cc(S(=O)(=O)NC3(C)CC3)cc(N3C[C@H](C)NC(C)(C)C3)c2n1. The summed E-state index contributed by atoms with van der Waals surface area (Å²) in [7, 11) is -3.87. The highest BCUT2D eigenvalue weighted by Gasteiger charge is 2.42. The number of aryl methyl sites for hydroxylation is 1. The fourth-order valence-electron chi connectivity index (χ4n) is 4.76. The first kappa shape index (κ1) is 25.3. The number of nitrogens with one attached hydrogen (secondary N) is 2. The molecule has 0 amide bonds. The van der Waals surface area contributed by atoms with Crippen molar-refractivity contribution in [2.75, 3.05) is 18.0 Å². The van der Waals surface area contributed by atoms with Gasteiger partial charge in [0.2, 0.25) is 10.0 Å². The van der Waals surface area contributed by atoms with Crippen LogP contribution in [0.15, 0.2) is 17.0 Å². The van der Waals surface area contributed by atoms with Gasteiger partial charge in [-0.2, -0.15) is 0 Å². The van der Waals surface area contributed by atoms with Crippen LogP contribution in [0.3, 0.4) is 0 Å². The van der Waals surface area contributed by atoms with E-state index in [2.05, 4.69) is 55.9 Å². The zero-order chi connectivity index (χ0) is 26.0. The third kappa shape index (κ3) is 4.93. The van der Waals surface area contributed by atoms with Gasteiger partial charge in [0.1, 0.15) is 11.5 Å². The standard InChI is InChI=1S/C23H29F2N7O2S2/c1-12-10-32(11-22(3,4)28-12)16-9-14(36(33,34)31-23(5)6-7-23)8-15-17(16)26-13(2)27-18(15)20-29-30-21(35-20)19(24)25/h8-9,12,19,28,31H,6-7,10-11H2,1-5H3/t12-/m0/s1. The zero-order valence-electron chi connectivity index (χ0n) is 20.8. The van der Waals surface area contributed by atoms with E-state index in [-0.39, 0.29) is 21.5 Å². The summed E-state index contributed by atoms with van der Waals surface area (Å²) in [5.74, 6) is 0.425. The smallest absolute Gasteiger partial charge is 0.291 e. The van der Waals surface area contributed by atoms with Crippen LogP contribution in [0.25, 0.3) is 21.6 Å². The topological polar surface area (TPSA) is 113 Å². The molecule has 36 heavy (non-hydrogen) atoms. The molecule has 1 saturated heterocycles. The van der Waals surface area contributed by atoms with Gasteiger partial charge in [0.15, 0.2) is 10.0 Å². The quantitative estimate of drug-likeness (QED) is 0.488. The van der Waals surface area contributed by atoms with Gasteiger partial charge in [-0.1, -0.05) is 11.3 Å². The van der Waals surface area contributed by atoms with Crippen LogP contribution >= 0.6 is 11.3 Å². The number of sulfonamides is 1. The number of nitrogens with zero attached hydrogens (tertiary/aromatic N) is 5. The number of hydrogen-bond acceptors (Lipinski definition) is 9. The van der Waals surface area contributed by atoms with E-state index in [1.165, 1.54) is 6.07 Å². The predicted octanol–water partition coefficient (Wildman–Crippen LogP) is 3.80. The minimum atomic E-state index is -3.87. The maximum Gasteiger partial charge on any atom is 0.291 e. The summed E-state index contributed by atoms with van der Waals surface area (Å²) in [6, 6.07) is 3.32. The minimum absolute atomic E-state index is 0.0782. The Bertz CT molecular complexity index is 1440. The minimum Gasteiger partial charge on any atom is -0.366 e. The van der Waals surface area contributed by atoms with Crippen LogP contribution in [0.2, 0.25) is 0 Å². The summed E-state index contributed by atoms with van der Waals surface area (Å²) in [5, 5.41) is 11.3. The molecule has 2 N–H and O–H groups in total. The summed E-state index contributed by atoms with van der Waals surface area (Å²) >= 11 is 0.741. The van der Waals surface area contributed by atoms with Crippen LogP contribution in [0, 0.1) is 6.92 Å². The van der Waals surface area contributed by atoms with Gasteiger partial charge in [0.25, 0.3) is 6.43 Å². The summed E-state index contributed by atoms with van der Waals surface area (Å²) in [4.78, 5) is 11.4. The molecule has 5 rings (SSSR count). The Balaban J connectivity index is 1.75. The van der Waals surface area contributed by atoms with Crippen molar-refractivity contribution in [3.8, 4) is 10.7 Å². The second-order valence-electron chi connectivity index (χ2n) is 10.7. The number of aromatic nitrogens is 4. The molecule has 3 heterocycles. The van der Waals surface area contributed by atoms with Crippen molar-refractivity contribution in [2.45, 2.75) is 75.9 Å². The molecule has 1 saturated carbocycles. The molecule has 13 heteroatoms. The first-order valence-electron chi connectivity index (χ1n) is 11.8. The molecule has 1 atom stereocenters. The first-order chi connectivity index (χ1) is 16.8. The van der Waals surface area contributed by atoms with Crippen LogP contribution in [0.1, 0.15) is 57.8 Å². The van der Waals surface area contributed by atoms with Crippen LogP contribution in [0.5, 0.6) is 0 Å². The Morgan fingerprint density at radius 1 is 1.19 bits per heavy atom. The lowest BCUT2D eigenvalue weighted by atomic mass is 9.98. The Labute approximate surface area is 212 Å². The van der Waals surface area contributed by atoms with E-state index in [4.69, 9.17) is 0 Å². The van der Waals surface area contributed by atoms with Crippen molar-refractivity contribution in [1.82, 2.24) is 30.2 Å². The third-order valence-corrected chi connectivity index (χ3v) is 9.00. The number of fused-ring (bicyclic) bond motifs is 1. The lowest BCUT2D eigenvalue weighted by Crippen LogP contribution is -2.61. The zero-order valence-corrected chi connectivity index (χ0v) is 22.4.